The molecule has 0 aliphatic rings. The molecule has 9 rings (SSSR count). The number of aryl methyl sites for hydroxylation is 1. The molecule has 45 heavy (non-hydrogen) atoms. The molecular weight excluding hydrogens is 586 g/mol. The molecule has 0 aliphatic carbocycles. The lowest BCUT2D eigenvalue weighted by Gasteiger charge is -2.11. The summed E-state index contributed by atoms with van der Waals surface area (Å²) < 4.78 is 48.9. The van der Waals surface area contributed by atoms with Crippen LogP contribution in [0.15, 0.2) is 121 Å². The first kappa shape index (κ1) is 26.3. The second-order valence-electron chi connectivity index (χ2n) is 11.5. The van der Waals surface area contributed by atoms with Gasteiger partial charge in [-0.2, -0.15) is 13.2 Å². The summed E-state index contributed by atoms with van der Waals surface area (Å²) in [6.45, 7) is 2.98. The number of fused-ring (bicyclic) bond motifs is 9. The van der Waals surface area contributed by atoms with E-state index in [-0.39, 0.29) is 0 Å². The largest absolute Gasteiger partial charge is 0.416 e. The van der Waals surface area contributed by atoms with Gasteiger partial charge in [-0.25, -0.2) is 0 Å². The summed E-state index contributed by atoms with van der Waals surface area (Å²) in [4.78, 5) is 0. The highest BCUT2D eigenvalue weighted by molar-refractivity contribution is 7.25. The molecule has 3 aromatic heterocycles. The van der Waals surface area contributed by atoms with Crippen LogP contribution in [0, 0.1) is 0 Å². The van der Waals surface area contributed by atoms with Gasteiger partial charge in [0.1, 0.15) is 0 Å². The number of hydrogen-bond acceptors (Lipinski definition) is 1. The average Bonchev–Trinajstić information content (AvgIpc) is 3.71. The molecule has 0 spiro atoms. The highest BCUT2D eigenvalue weighted by atomic mass is 32.1. The predicted octanol–water partition coefficient (Wildman–Crippen LogP) is 12.0. The third-order valence-electron chi connectivity index (χ3n) is 9.14. The minimum absolute atomic E-state index is 0.583. The predicted molar refractivity (Wildman–Crippen MR) is 183 cm³/mol. The maximum absolute atomic E-state index is 14.0. The molecule has 0 amide bonds. The Balaban J connectivity index is 1.34. The van der Waals surface area contributed by atoms with E-state index in [2.05, 4.69) is 107 Å². The molecule has 0 saturated carbocycles. The van der Waals surface area contributed by atoms with Crippen LogP contribution in [-0.4, -0.2) is 9.13 Å². The third kappa shape index (κ3) is 3.82. The number of nitrogens with zero attached hydrogens (tertiary/aromatic N) is 2. The first-order valence-corrected chi connectivity index (χ1v) is 15.8. The van der Waals surface area contributed by atoms with E-state index in [0.717, 1.165) is 56.1 Å². The van der Waals surface area contributed by atoms with Crippen LogP contribution < -0.4 is 0 Å². The highest BCUT2D eigenvalue weighted by Gasteiger charge is 2.31. The van der Waals surface area contributed by atoms with Gasteiger partial charge in [0.25, 0.3) is 0 Å². The number of halogens is 3. The lowest BCUT2D eigenvalue weighted by molar-refractivity contribution is -0.137. The Bertz CT molecular complexity index is 2630. The summed E-state index contributed by atoms with van der Waals surface area (Å²) in [6.07, 6.45) is -4.44. The SMILES string of the molecule is CCn1c2ccccc2c2cc(-n3c4ccc(-c5cccc6sc7ccccc7c56)cc4c4cc(C(F)(F)F)ccc43)ccc21. The van der Waals surface area contributed by atoms with Gasteiger partial charge in [0.05, 0.1) is 16.6 Å². The van der Waals surface area contributed by atoms with Crippen molar-refractivity contribution < 1.29 is 13.2 Å². The second-order valence-corrected chi connectivity index (χ2v) is 12.6. The van der Waals surface area contributed by atoms with E-state index in [1.54, 1.807) is 17.4 Å². The molecule has 0 saturated heterocycles. The molecule has 6 heteroatoms. The second kappa shape index (κ2) is 9.46. The molecule has 9 aromatic rings. The zero-order valence-electron chi connectivity index (χ0n) is 24.2. The van der Waals surface area contributed by atoms with Gasteiger partial charge in [-0.3, -0.25) is 0 Å². The van der Waals surface area contributed by atoms with Gasteiger partial charge < -0.3 is 9.13 Å². The highest BCUT2D eigenvalue weighted by Crippen LogP contribution is 2.43. The molecule has 0 unspecified atom stereocenters. The van der Waals surface area contributed by atoms with Gasteiger partial charge in [-0.1, -0.05) is 54.6 Å². The van der Waals surface area contributed by atoms with Crippen LogP contribution in [0.3, 0.4) is 0 Å². The van der Waals surface area contributed by atoms with Crippen molar-refractivity contribution in [1.82, 2.24) is 9.13 Å². The summed E-state index contributed by atoms with van der Waals surface area (Å²) in [5, 5.41) is 6.03. The van der Waals surface area contributed by atoms with E-state index in [1.807, 2.05) is 12.1 Å². The summed E-state index contributed by atoms with van der Waals surface area (Å²) >= 11 is 1.76. The van der Waals surface area contributed by atoms with E-state index < -0.39 is 11.7 Å². The molecule has 0 radical (unpaired) electrons. The minimum Gasteiger partial charge on any atom is -0.341 e. The van der Waals surface area contributed by atoms with Crippen molar-refractivity contribution in [3.05, 3.63) is 127 Å². The smallest absolute Gasteiger partial charge is 0.341 e. The van der Waals surface area contributed by atoms with E-state index in [1.165, 1.54) is 37.8 Å². The van der Waals surface area contributed by atoms with Crippen LogP contribution in [0.4, 0.5) is 13.2 Å². The molecule has 0 atom stereocenters. The molecule has 3 heterocycles. The van der Waals surface area contributed by atoms with Crippen molar-refractivity contribution in [2.75, 3.05) is 0 Å². The molecule has 0 aliphatic heterocycles. The van der Waals surface area contributed by atoms with Crippen LogP contribution in [0.5, 0.6) is 0 Å². The topological polar surface area (TPSA) is 9.86 Å². The van der Waals surface area contributed by atoms with Crippen molar-refractivity contribution in [1.29, 1.82) is 0 Å². The van der Waals surface area contributed by atoms with Gasteiger partial charge in [0.15, 0.2) is 0 Å². The Morgan fingerprint density at radius 2 is 1.24 bits per heavy atom. The van der Waals surface area contributed by atoms with Crippen LogP contribution in [0.2, 0.25) is 0 Å². The standard InChI is InChI=1S/C39H25F3N2S/c1-2-43-32-11-5-3-8-27(32)31-22-25(16-19-33(31)43)44-34-17-14-23(20-29(34)30-21-24(39(40,41)42)15-18-35(30)44)26-10-7-13-37-38(26)28-9-4-6-12-36(28)45-37/h3-22H,2H2,1H3. The Morgan fingerprint density at radius 1 is 0.578 bits per heavy atom. The number of alkyl halides is 3. The Labute approximate surface area is 260 Å². The van der Waals surface area contributed by atoms with E-state index in [0.29, 0.717) is 5.39 Å². The quantitative estimate of drug-likeness (QED) is 0.188. The average molecular weight is 611 g/mol. The number of para-hydroxylation sites is 1. The Kier molecular flexibility index (Phi) is 5.54. The van der Waals surface area contributed by atoms with Crippen molar-refractivity contribution >= 4 is 75.1 Å². The first-order valence-electron chi connectivity index (χ1n) is 15.0. The first-order chi connectivity index (χ1) is 21.9. The van der Waals surface area contributed by atoms with E-state index in [9.17, 15) is 13.2 Å². The molecule has 0 N–H and O–H groups in total. The van der Waals surface area contributed by atoms with Crippen LogP contribution in [0.1, 0.15) is 12.5 Å². The Morgan fingerprint density at radius 3 is 2.07 bits per heavy atom. The normalized spacial score (nSPS) is 12.5. The summed E-state index contributed by atoms with van der Waals surface area (Å²) in [5.74, 6) is 0. The van der Waals surface area contributed by atoms with Crippen LogP contribution >= 0.6 is 11.3 Å². The molecule has 2 nitrogen and oxygen atoms in total. The zero-order valence-corrected chi connectivity index (χ0v) is 25.0. The van der Waals surface area contributed by atoms with Crippen molar-refractivity contribution in [2.24, 2.45) is 0 Å². The van der Waals surface area contributed by atoms with Gasteiger partial charge in [0.2, 0.25) is 0 Å². The number of hydrogen-bond donors (Lipinski definition) is 0. The van der Waals surface area contributed by atoms with Gasteiger partial charge in [0, 0.05) is 65.0 Å². The lowest BCUT2D eigenvalue weighted by Crippen LogP contribution is -2.04. The molecular formula is C39H25F3N2S. The lowest BCUT2D eigenvalue weighted by atomic mass is 9.97. The van der Waals surface area contributed by atoms with Gasteiger partial charge >= 0.3 is 6.18 Å². The maximum atomic E-state index is 14.0. The monoisotopic (exact) mass is 610 g/mol. The number of rotatable bonds is 3. The molecule has 6 aromatic carbocycles. The van der Waals surface area contributed by atoms with Gasteiger partial charge in [-0.05, 0) is 84.8 Å². The summed E-state index contributed by atoms with van der Waals surface area (Å²) in [5.41, 5.74) is 6.25. The Hall–Kier alpha value is -5.07. The fourth-order valence-electron chi connectivity index (χ4n) is 7.18. The summed E-state index contributed by atoms with van der Waals surface area (Å²) in [6, 6.07) is 39.8. The zero-order chi connectivity index (χ0) is 30.4. The van der Waals surface area contributed by atoms with Crippen LogP contribution in [0.25, 0.3) is 80.6 Å². The maximum Gasteiger partial charge on any atom is 0.416 e. The molecule has 218 valence electrons. The van der Waals surface area contributed by atoms with E-state index in [4.69, 9.17) is 0 Å². The third-order valence-corrected chi connectivity index (χ3v) is 10.3. The fourth-order valence-corrected chi connectivity index (χ4v) is 8.31. The van der Waals surface area contributed by atoms with Crippen molar-refractivity contribution in [2.45, 2.75) is 19.6 Å². The number of benzene rings is 6. The molecule has 0 bridgehead atoms. The fraction of sp³-hybridized carbons (Fsp3) is 0.0769. The van der Waals surface area contributed by atoms with E-state index >= 15 is 0 Å². The minimum atomic E-state index is -4.44. The number of thiophene rings is 1. The van der Waals surface area contributed by atoms with Crippen molar-refractivity contribution in [3.8, 4) is 16.8 Å². The van der Waals surface area contributed by atoms with Gasteiger partial charge in [-0.15, -0.1) is 11.3 Å². The van der Waals surface area contributed by atoms with Crippen LogP contribution in [-0.2, 0) is 12.7 Å². The summed E-state index contributed by atoms with van der Waals surface area (Å²) in [7, 11) is 0. The number of aromatic nitrogens is 2. The van der Waals surface area contributed by atoms with Crippen molar-refractivity contribution in [3.63, 3.8) is 0 Å². The molecule has 0 fully saturated rings.